The van der Waals surface area contributed by atoms with Crippen molar-refractivity contribution in [2.24, 2.45) is 0 Å². The molecule has 140 heavy (non-hydrogen) atoms. The predicted molar refractivity (Wildman–Crippen MR) is 600 cm³/mol. The maximum absolute atomic E-state index is 6.58. The Morgan fingerprint density at radius 2 is 0.464 bits per heavy atom. The highest BCUT2D eigenvalue weighted by molar-refractivity contribution is 7.27. The quantitative estimate of drug-likeness (QED) is 0.142. The number of fused-ring (bicyclic) bond motifs is 60. The fourth-order valence-electron chi connectivity index (χ4n) is 24.2. The van der Waals surface area contributed by atoms with Gasteiger partial charge in [0.05, 0.1) is 44.1 Å². The van der Waals surface area contributed by atoms with E-state index in [9.17, 15) is 0 Å². The Kier molecular flexibility index (Phi) is 15.3. The van der Waals surface area contributed by atoms with Gasteiger partial charge >= 0.3 is 0 Å². The van der Waals surface area contributed by atoms with Crippen molar-refractivity contribution in [3.05, 3.63) is 413 Å². The zero-order chi connectivity index (χ0) is 90.7. The van der Waals surface area contributed by atoms with Crippen LogP contribution in [0.25, 0.3) is 320 Å². The van der Waals surface area contributed by atoms with Gasteiger partial charge in [-0.05, 0) is 150 Å². The summed E-state index contributed by atoms with van der Waals surface area (Å²) >= 11 is 7.49. The number of pyridine rings is 4. The summed E-state index contributed by atoms with van der Waals surface area (Å²) in [6.45, 7) is 0. The highest BCUT2D eigenvalue weighted by Crippen LogP contribution is 2.53. The SMILES string of the molecule is c1ccc2c(c1)cn1c2c2ccc3sc4ccccc4c3c2c2ccc3c4ccccc4oc3c21.c1ccc2c(c1)cn1c3cc4c(cc3c3cc5sc6ccccc6c5cc3c21)oc1ccccc14.c1ccc2c(c1)cn1c3ccc4c5ccccc5oc4c3c3cc4c(cc3c21)sc1ccccc14.c1ccc2c(c1)cn1c3ccc4c5ccccc5oc4c3c3cc4sc5ccccc5c4cc3c21. The van der Waals surface area contributed by atoms with Crippen molar-refractivity contribution >= 4 is 366 Å². The average Bonchev–Trinajstić information content (AvgIpc) is 1.53. The minimum absolute atomic E-state index is 0.930. The van der Waals surface area contributed by atoms with Crippen molar-refractivity contribution < 1.29 is 17.7 Å². The molecule has 16 heterocycles. The van der Waals surface area contributed by atoms with Crippen LogP contribution in [0, 0.1) is 0 Å². The van der Waals surface area contributed by atoms with Crippen LogP contribution in [0.2, 0.25) is 0 Å². The summed E-state index contributed by atoms with van der Waals surface area (Å²) in [4.78, 5) is 0. The third kappa shape index (κ3) is 10.4. The summed E-state index contributed by atoms with van der Waals surface area (Å²) in [5.74, 6) is 0. The zero-order valence-electron chi connectivity index (χ0n) is 74.3. The lowest BCUT2D eigenvalue weighted by Crippen LogP contribution is -1.91. The first-order chi connectivity index (χ1) is 69.4. The molecule has 0 saturated carbocycles. The maximum Gasteiger partial charge on any atom is 0.160 e. The third-order valence-electron chi connectivity index (χ3n) is 30.2. The number of rotatable bonds is 0. The van der Waals surface area contributed by atoms with Gasteiger partial charge in [-0.25, -0.2) is 0 Å². The van der Waals surface area contributed by atoms with E-state index >= 15 is 0 Å². The van der Waals surface area contributed by atoms with Gasteiger partial charge in [0, 0.05) is 240 Å². The summed E-state index contributed by atoms with van der Waals surface area (Å²) in [7, 11) is 0. The smallest absolute Gasteiger partial charge is 0.160 e. The standard InChI is InChI=1S/4C32H17NOS/c1-2-8-19-18(7-1)17-33-27-14-24-20-9-3-5-11-28(20)34-29(24)15-23(27)22-16-31-25(13-26(22)32(19)33)21-10-4-6-12-30(21)35-31;1-2-8-19-18(7-1)17-33-26-14-13-22-20-9-3-5-11-27(20)34-32(22)30(26)24-16-29-23(15-25(24)31(19)33)21-10-4-6-12-28(21)35-29;1-2-8-19-18(7-1)17-33-26-14-13-22-20-9-3-5-11-27(20)34-32(22)30(26)24-15-23-21-10-4-6-12-28(21)35-29(23)16-25(24)31(19)33;1-2-8-19-18(7-1)17-33-30(19)23-15-16-27-29(22-10-4-6-12-26(22)35-27)28(23)24-14-13-21-20-9-3-5-11-25(20)34-32(21)31(24)33/h4*1-17H. The van der Waals surface area contributed by atoms with Gasteiger partial charge in [0.15, 0.2) is 5.58 Å². The Bertz CT molecular complexity index is 12000. The Labute approximate surface area is 807 Å². The molecular weight excluding hydrogens is 1790 g/mol. The second kappa shape index (κ2) is 28.2. The van der Waals surface area contributed by atoms with Crippen LogP contribution in [0.15, 0.2) is 431 Å². The minimum atomic E-state index is 0.930. The topological polar surface area (TPSA) is 70.2 Å². The van der Waals surface area contributed by atoms with Crippen LogP contribution in [0.3, 0.4) is 0 Å². The van der Waals surface area contributed by atoms with Gasteiger partial charge in [0.25, 0.3) is 0 Å². The lowest BCUT2D eigenvalue weighted by atomic mass is 9.97. The summed E-state index contributed by atoms with van der Waals surface area (Å²) in [5.41, 5.74) is 17.3. The van der Waals surface area contributed by atoms with Gasteiger partial charge < -0.3 is 35.3 Å². The molecule has 0 aliphatic heterocycles. The second-order valence-corrected chi connectivity index (χ2v) is 41.8. The van der Waals surface area contributed by atoms with Crippen LogP contribution >= 0.6 is 45.3 Å². The van der Waals surface area contributed by atoms with Crippen molar-refractivity contribution in [3.63, 3.8) is 0 Å². The summed E-state index contributed by atoms with van der Waals surface area (Å²) in [6.07, 6.45) is 9.11. The van der Waals surface area contributed by atoms with Crippen LogP contribution in [0.1, 0.15) is 0 Å². The lowest BCUT2D eigenvalue weighted by molar-refractivity contribution is 0.669. The summed E-state index contributed by atoms with van der Waals surface area (Å²) in [5, 5.41) is 45.0. The first kappa shape index (κ1) is 75.9. The third-order valence-corrected chi connectivity index (χ3v) is 34.7. The molecule has 12 heteroatoms. The first-order valence-electron chi connectivity index (χ1n) is 47.4. The van der Waals surface area contributed by atoms with Crippen LogP contribution in [0.5, 0.6) is 0 Å². The number of benzene rings is 20. The molecule has 8 nitrogen and oxygen atoms in total. The normalized spacial score (nSPS) is 12.6. The second-order valence-electron chi connectivity index (χ2n) is 37.4. The van der Waals surface area contributed by atoms with Gasteiger partial charge in [-0.2, -0.15) is 0 Å². The number of nitrogens with zero attached hydrogens (tertiary/aromatic N) is 4. The van der Waals surface area contributed by atoms with Gasteiger partial charge in [-0.15, -0.1) is 45.3 Å². The molecule has 0 spiro atoms. The molecule has 0 bridgehead atoms. The number of thiophene rings is 4. The van der Waals surface area contributed by atoms with E-state index in [0.29, 0.717) is 0 Å². The molecule has 0 aliphatic carbocycles. The van der Waals surface area contributed by atoms with E-state index in [2.05, 4.69) is 406 Å². The molecule has 16 aromatic heterocycles. The number of aromatic nitrogens is 4. The van der Waals surface area contributed by atoms with Crippen molar-refractivity contribution in [3.8, 4) is 0 Å². The Morgan fingerprint density at radius 3 is 0.964 bits per heavy atom. The minimum Gasteiger partial charge on any atom is -0.456 e. The lowest BCUT2D eigenvalue weighted by Gasteiger charge is -2.12. The van der Waals surface area contributed by atoms with Crippen LogP contribution in [-0.4, -0.2) is 17.6 Å². The number of para-hydroxylation sites is 4. The van der Waals surface area contributed by atoms with Crippen molar-refractivity contribution in [2.45, 2.75) is 0 Å². The maximum atomic E-state index is 6.58. The molecule has 36 rings (SSSR count). The van der Waals surface area contributed by atoms with E-state index < -0.39 is 0 Å². The van der Waals surface area contributed by atoms with Crippen molar-refractivity contribution in [1.29, 1.82) is 0 Å². The van der Waals surface area contributed by atoms with E-state index in [-0.39, 0.29) is 0 Å². The first-order valence-corrected chi connectivity index (χ1v) is 50.7. The number of hydrogen-bond acceptors (Lipinski definition) is 8. The van der Waals surface area contributed by atoms with Gasteiger partial charge in [0.2, 0.25) is 0 Å². The number of hydrogen-bond donors (Lipinski definition) is 0. The fraction of sp³-hybridized carbons (Fsp3) is 0. The molecule has 20 aromatic carbocycles. The fourth-order valence-corrected chi connectivity index (χ4v) is 28.7. The highest BCUT2D eigenvalue weighted by atomic mass is 32.1. The molecule has 0 radical (unpaired) electrons. The Hall–Kier alpha value is -17.4. The van der Waals surface area contributed by atoms with Crippen LogP contribution in [-0.2, 0) is 0 Å². The predicted octanol–water partition coefficient (Wildman–Crippen LogP) is 38.7. The summed E-state index contributed by atoms with van der Waals surface area (Å²) < 4.78 is 46.1. The van der Waals surface area contributed by atoms with E-state index in [1.807, 2.05) is 69.6 Å². The molecule has 0 atom stereocenters. The molecule has 0 saturated heterocycles. The molecule has 648 valence electrons. The molecule has 0 N–H and O–H groups in total. The van der Waals surface area contributed by atoms with Gasteiger partial charge in [-0.3, -0.25) is 0 Å². The van der Waals surface area contributed by atoms with Crippen LogP contribution in [0.4, 0.5) is 0 Å². The Morgan fingerprint density at radius 1 is 0.143 bits per heavy atom. The van der Waals surface area contributed by atoms with Gasteiger partial charge in [-0.1, -0.05) is 255 Å². The Balaban J connectivity index is 0.0000000829. The largest absolute Gasteiger partial charge is 0.456 e. The average molecular weight is 1850 g/mol. The highest BCUT2D eigenvalue weighted by Gasteiger charge is 2.27. The number of furan rings is 4. The van der Waals surface area contributed by atoms with E-state index in [4.69, 9.17) is 17.7 Å². The monoisotopic (exact) mass is 1850 g/mol. The van der Waals surface area contributed by atoms with Crippen LogP contribution < -0.4 is 0 Å². The van der Waals surface area contributed by atoms with Crippen molar-refractivity contribution in [2.75, 3.05) is 0 Å². The van der Waals surface area contributed by atoms with E-state index in [0.717, 1.165) is 77.1 Å². The molecular formula is C128H68N4O4S4. The van der Waals surface area contributed by atoms with Crippen molar-refractivity contribution in [1.82, 2.24) is 17.6 Å². The van der Waals surface area contributed by atoms with E-state index in [1.54, 1.807) is 0 Å². The summed E-state index contributed by atoms with van der Waals surface area (Å²) in [6, 6.07) is 140. The zero-order valence-corrected chi connectivity index (χ0v) is 77.6. The molecule has 0 amide bonds. The molecule has 0 aliphatic rings. The van der Waals surface area contributed by atoms with E-state index in [1.165, 1.54) is 243 Å². The molecule has 0 fully saturated rings. The molecule has 0 unspecified atom stereocenters. The molecule has 36 aromatic rings. The van der Waals surface area contributed by atoms with Gasteiger partial charge in [0.1, 0.15) is 39.1 Å².